The standard InChI is InChI=1S/C16H18N4O3/c1-16(2,3)23-15(22)20-9-12(7-18-20)19-8-10-6-11(17)4-5-13(10)14(19)21/h4-7,9H,8,17H2,1-3H3. The van der Waals surface area contributed by atoms with Crippen molar-refractivity contribution in [3.63, 3.8) is 0 Å². The van der Waals surface area contributed by atoms with E-state index in [4.69, 9.17) is 10.5 Å². The van der Waals surface area contributed by atoms with Crippen molar-refractivity contribution in [1.82, 2.24) is 9.78 Å². The van der Waals surface area contributed by atoms with E-state index in [1.807, 2.05) is 0 Å². The number of benzene rings is 1. The third-order valence-electron chi connectivity index (χ3n) is 3.39. The zero-order valence-electron chi connectivity index (χ0n) is 13.2. The molecular formula is C16H18N4O3. The van der Waals surface area contributed by atoms with Crippen molar-refractivity contribution in [2.24, 2.45) is 0 Å². The van der Waals surface area contributed by atoms with Gasteiger partial charge in [-0.15, -0.1) is 0 Å². The molecule has 0 fully saturated rings. The van der Waals surface area contributed by atoms with Crippen LogP contribution in [-0.4, -0.2) is 27.4 Å². The molecule has 0 spiro atoms. The van der Waals surface area contributed by atoms with E-state index < -0.39 is 11.7 Å². The summed E-state index contributed by atoms with van der Waals surface area (Å²) in [6.07, 6.45) is 2.37. The molecule has 2 N–H and O–H groups in total. The van der Waals surface area contributed by atoms with Gasteiger partial charge in [-0.2, -0.15) is 9.78 Å². The Balaban J connectivity index is 1.82. The summed E-state index contributed by atoms with van der Waals surface area (Å²) in [7, 11) is 0. The van der Waals surface area contributed by atoms with Gasteiger partial charge in [0.15, 0.2) is 0 Å². The Kier molecular flexibility index (Phi) is 3.35. The number of carbonyl (C=O) groups is 2. The molecule has 1 aromatic carbocycles. The molecule has 7 nitrogen and oxygen atoms in total. The van der Waals surface area contributed by atoms with Gasteiger partial charge in [-0.1, -0.05) is 0 Å². The third kappa shape index (κ3) is 2.90. The minimum absolute atomic E-state index is 0.135. The summed E-state index contributed by atoms with van der Waals surface area (Å²) in [4.78, 5) is 26.0. The second-order valence-corrected chi connectivity index (χ2v) is 6.43. The molecule has 120 valence electrons. The van der Waals surface area contributed by atoms with Crippen LogP contribution in [0.15, 0.2) is 30.6 Å². The molecular weight excluding hydrogens is 296 g/mol. The predicted molar refractivity (Wildman–Crippen MR) is 85.2 cm³/mol. The molecule has 1 aliphatic rings. The Hall–Kier alpha value is -2.83. The first-order valence-corrected chi connectivity index (χ1v) is 7.23. The van der Waals surface area contributed by atoms with E-state index in [-0.39, 0.29) is 5.91 Å². The first-order chi connectivity index (χ1) is 10.7. The number of hydrogen-bond acceptors (Lipinski definition) is 5. The number of nitrogens with zero attached hydrogens (tertiary/aromatic N) is 3. The van der Waals surface area contributed by atoms with Crippen LogP contribution >= 0.6 is 0 Å². The fourth-order valence-electron chi connectivity index (χ4n) is 2.41. The van der Waals surface area contributed by atoms with Crippen molar-refractivity contribution in [1.29, 1.82) is 0 Å². The van der Waals surface area contributed by atoms with Crippen LogP contribution in [0.5, 0.6) is 0 Å². The Morgan fingerprint density at radius 2 is 2.09 bits per heavy atom. The summed E-state index contributed by atoms with van der Waals surface area (Å²) in [6.45, 7) is 5.74. The van der Waals surface area contributed by atoms with Gasteiger partial charge in [0, 0.05) is 11.3 Å². The molecule has 23 heavy (non-hydrogen) atoms. The minimum Gasteiger partial charge on any atom is -0.442 e. The first-order valence-electron chi connectivity index (χ1n) is 7.23. The molecule has 2 aromatic rings. The molecule has 7 heteroatoms. The Bertz CT molecular complexity index is 789. The van der Waals surface area contributed by atoms with Gasteiger partial charge in [0.2, 0.25) is 0 Å². The van der Waals surface area contributed by atoms with Crippen molar-refractivity contribution < 1.29 is 14.3 Å². The van der Waals surface area contributed by atoms with Crippen LogP contribution < -0.4 is 10.6 Å². The largest absolute Gasteiger partial charge is 0.442 e. The molecule has 0 bridgehead atoms. The number of nitrogen functional groups attached to an aromatic ring is 1. The smallest absolute Gasteiger partial charge is 0.435 e. The maximum absolute atomic E-state index is 12.4. The molecule has 0 aliphatic carbocycles. The van der Waals surface area contributed by atoms with Crippen molar-refractivity contribution in [2.45, 2.75) is 32.9 Å². The van der Waals surface area contributed by atoms with Gasteiger partial charge >= 0.3 is 6.09 Å². The highest BCUT2D eigenvalue weighted by Crippen LogP contribution is 2.29. The quantitative estimate of drug-likeness (QED) is 0.816. The SMILES string of the molecule is CC(C)(C)OC(=O)n1cc(N2Cc3cc(N)ccc3C2=O)cn1. The second-order valence-electron chi connectivity index (χ2n) is 6.43. The molecule has 0 unspecified atom stereocenters. The molecule has 0 radical (unpaired) electrons. The maximum atomic E-state index is 12.4. The summed E-state index contributed by atoms with van der Waals surface area (Å²) in [5, 5.41) is 3.98. The molecule has 1 aliphatic heterocycles. The topological polar surface area (TPSA) is 90.5 Å². The first kappa shape index (κ1) is 15.1. The lowest BCUT2D eigenvalue weighted by Gasteiger charge is -2.18. The highest BCUT2D eigenvalue weighted by atomic mass is 16.6. The van der Waals surface area contributed by atoms with E-state index in [0.717, 1.165) is 10.2 Å². The summed E-state index contributed by atoms with van der Waals surface area (Å²) in [5.41, 5.74) is 7.77. The number of aromatic nitrogens is 2. The van der Waals surface area contributed by atoms with Crippen LogP contribution in [-0.2, 0) is 11.3 Å². The second kappa shape index (κ2) is 5.12. The summed E-state index contributed by atoms with van der Waals surface area (Å²) in [6, 6.07) is 5.20. The van der Waals surface area contributed by atoms with Crippen molar-refractivity contribution >= 4 is 23.4 Å². The lowest BCUT2D eigenvalue weighted by atomic mass is 10.1. The van der Waals surface area contributed by atoms with Gasteiger partial charge in [-0.05, 0) is 44.5 Å². The molecule has 2 heterocycles. The van der Waals surface area contributed by atoms with E-state index in [2.05, 4.69) is 5.10 Å². The normalized spacial score (nSPS) is 14.0. The lowest BCUT2D eigenvalue weighted by Crippen LogP contribution is -2.27. The Morgan fingerprint density at radius 3 is 2.78 bits per heavy atom. The molecule has 1 aromatic heterocycles. The maximum Gasteiger partial charge on any atom is 0.435 e. The van der Waals surface area contributed by atoms with Gasteiger partial charge in [-0.3, -0.25) is 4.79 Å². The van der Waals surface area contributed by atoms with Crippen LogP contribution in [0.1, 0.15) is 36.7 Å². The van der Waals surface area contributed by atoms with Gasteiger partial charge in [0.05, 0.1) is 24.6 Å². The molecule has 1 amide bonds. The van der Waals surface area contributed by atoms with Crippen molar-refractivity contribution in [2.75, 3.05) is 10.6 Å². The van der Waals surface area contributed by atoms with Crippen LogP contribution in [0, 0.1) is 0 Å². The molecule has 0 saturated carbocycles. The molecule has 0 atom stereocenters. The van der Waals surface area contributed by atoms with Gasteiger partial charge in [0.25, 0.3) is 5.91 Å². The monoisotopic (exact) mass is 314 g/mol. The van der Waals surface area contributed by atoms with E-state index in [9.17, 15) is 9.59 Å². The lowest BCUT2D eigenvalue weighted by molar-refractivity contribution is 0.0514. The highest BCUT2D eigenvalue weighted by molar-refractivity contribution is 6.10. The summed E-state index contributed by atoms with van der Waals surface area (Å²) >= 11 is 0. The van der Waals surface area contributed by atoms with E-state index in [1.54, 1.807) is 43.9 Å². The third-order valence-corrected chi connectivity index (χ3v) is 3.39. The van der Waals surface area contributed by atoms with Crippen molar-refractivity contribution in [3.8, 4) is 0 Å². The summed E-state index contributed by atoms with van der Waals surface area (Å²) < 4.78 is 6.33. The van der Waals surface area contributed by atoms with Crippen LogP contribution in [0.2, 0.25) is 0 Å². The van der Waals surface area contributed by atoms with E-state index in [1.165, 1.54) is 12.4 Å². The average molecular weight is 314 g/mol. The van der Waals surface area contributed by atoms with Crippen molar-refractivity contribution in [3.05, 3.63) is 41.7 Å². The Labute approximate surface area is 133 Å². The zero-order chi connectivity index (χ0) is 16.8. The average Bonchev–Trinajstić information content (AvgIpc) is 3.02. The summed E-state index contributed by atoms with van der Waals surface area (Å²) in [5.74, 6) is -0.135. The number of fused-ring (bicyclic) bond motifs is 1. The van der Waals surface area contributed by atoms with Crippen LogP contribution in [0.25, 0.3) is 0 Å². The van der Waals surface area contributed by atoms with E-state index in [0.29, 0.717) is 23.5 Å². The highest BCUT2D eigenvalue weighted by Gasteiger charge is 2.30. The van der Waals surface area contributed by atoms with Gasteiger partial charge in [0.1, 0.15) is 5.60 Å². The zero-order valence-corrected chi connectivity index (χ0v) is 13.2. The number of hydrogen-bond donors (Lipinski definition) is 1. The number of nitrogens with two attached hydrogens (primary N) is 1. The Morgan fingerprint density at radius 1 is 1.35 bits per heavy atom. The van der Waals surface area contributed by atoms with Crippen LogP contribution in [0.4, 0.5) is 16.2 Å². The number of carbonyl (C=O) groups excluding carboxylic acids is 2. The predicted octanol–water partition coefficient (Wildman–Crippen LogP) is 2.41. The number of amides is 1. The minimum atomic E-state index is -0.611. The molecule has 0 saturated heterocycles. The van der Waals surface area contributed by atoms with Gasteiger partial charge < -0.3 is 15.4 Å². The number of anilines is 2. The fraction of sp³-hybridized carbons (Fsp3) is 0.312. The molecule has 3 rings (SSSR count). The van der Waals surface area contributed by atoms with E-state index >= 15 is 0 Å². The van der Waals surface area contributed by atoms with Gasteiger partial charge in [-0.25, -0.2) is 4.79 Å². The number of rotatable bonds is 1. The number of ether oxygens (including phenoxy) is 1. The van der Waals surface area contributed by atoms with Crippen LogP contribution in [0.3, 0.4) is 0 Å². The fourth-order valence-corrected chi connectivity index (χ4v) is 2.41.